The first-order valence-electron chi connectivity index (χ1n) is 8.82. The number of ether oxygens (including phenoxy) is 1. The number of aryl methyl sites for hydroxylation is 2. The molecular weight excluding hydrogens is 292 g/mol. The van der Waals surface area contributed by atoms with Crippen molar-refractivity contribution >= 4 is 5.91 Å². The van der Waals surface area contributed by atoms with Crippen LogP contribution >= 0.6 is 0 Å². The molecule has 1 amide bonds. The average Bonchev–Trinajstić information content (AvgIpc) is 3.00. The van der Waals surface area contributed by atoms with E-state index in [1.54, 1.807) is 6.20 Å². The molecule has 3 heterocycles. The molecule has 1 N–H and O–H groups in total. The molecule has 0 aromatic carbocycles. The van der Waals surface area contributed by atoms with Gasteiger partial charge in [-0.2, -0.15) is 5.10 Å². The highest BCUT2D eigenvalue weighted by Gasteiger charge is 2.26. The van der Waals surface area contributed by atoms with Gasteiger partial charge in [0.15, 0.2) is 0 Å². The third-order valence-electron chi connectivity index (χ3n) is 5.08. The Morgan fingerprint density at radius 3 is 2.70 bits per heavy atom. The van der Waals surface area contributed by atoms with Crippen molar-refractivity contribution in [1.29, 1.82) is 0 Å². The molecule has 3 rings (SSSR count). The molecule has 23 heavy (non-hydrogen) atoms. The first-order chi connectivity index (χ1) is 11.2. The predicted molar refractivity (Wildman–Crippen MR) is 88.2 cm³/mol. The number of carbonyl (C=O) groups is 1. The van der Waals surface area contributed by atoms with Crippen LogP contribution in [0.3, 0.4) is 0 Å². The summed E-state index contributed by atoms with van der Waals surface area (Å²) in [5.74, 6) is 0.143. The second-order valence-corrected chi connectivity index (χ2v) is 6.67. The fourth-order valence-corrected chi connectivity index (χ4v) is 3.60. The number of rotatable bonds is 5. The van der Waals surface area contributed by atoms with Crippen LogP contribution in [0.25, 0.3) is 0 Å². The lowest BCUT2D eigenvalue weighted by Gasteiger charge is -2.39. The summed E-state index contributed by atoms with van der Waals surface area (Å²) in [6, 6.07) is 2.98. The lowest BCUT2D eigenvalue weighted by Crippen LogP contribution is -2.49. The van der Waals surface area contributed by atoms with Crippen molar-refractivity contribution < 1.29 is 9.53 Å². The zero-order valence-electron chi connectivity index (χ0n) is 14.0. The van der Waals surface area contributed by atoms with Gasteiger partial charge in [0, 0.05) is 63.2 Å². The summed E-state index contributed by atoms with van der Waals surface area (Å²) in [5, 5.41) is 7.41. The van der Waals surface area contributed by atoms with Gasteiger partial charge >= 0.3 is 0 Å². The summed E-state index contributed by atoms with van der Waals surface area (Å²) in [6.45, 7) is 6.65. The summed E-state index contributed by atoms with van der Waals surface area (Å²) in [5.41, 5.74) is 1.10. The molecule has 0 aliphatic carbocycles. The number of nitrogens with one attached hydrogen (secondary N) is 1. The highest BCUT2D eigenvalue weighted by molar-refractivity contribution is 5.76. The molecule has 0 unspecified atom stereocenters. The van der Waals surface area contributed by atoms with E-state index in [9.17, 15) is 4.79 Å². The summed E-state index contributed by atoms with van der Waals surface area (Å²) in [7, 11) is 0. The highest BCUT2D eigenvalue weighted by atomic mass is 16.5. The molecule has 0 atom stereocenters. The topological polar surface area (TPSA) is 59.4 Å². The molecule has 0 saturated carbocycles. The highest BCUT2D eigenvalue weighted by Crippen LogP contribution is 2.20. The number of carbonyl (C=O) groups excluding carboxylic acids is 1. The van der Waals surface area contributed by atoms with Gasteiger partial charge in [0.25, 0.3) is 0 Å². The van der Waals surface area contributed by atoms with Gasteiger partial charge in [-0.05, 0) is 38.7 Å². The average molecular weight is 320 g/mol. The van der Waals surface area contributed by atoms with E-state index < -0.39 is 0 Å². The molecule has 0 bridgehead atoms. The number of hydrogen-bond donors (Lipinski definition) is 1. The van der Waals surface area contributed by atoms with Crippen molar-refractivity contribution in [3.05, 3.63) is 18.0 Å². The van der Waals surface area contributed by atoms with Crippen LogP contribution in [0, 0.1) is 6.92 Å². The van der Waals surface area contributed by atoms with Crippen LogP contribution < -0.4 is 5.32 Å². The molecule has 1 aromatic heterocycles. The van der Waals surface area contributed by atoms with E-state index >= 15 is 0 Å². The summed E-state index contributed by atoms with van der Waals surface area (Å²) in [6.07, 6.45) is 6.70. The Hall–Kier alpha value is -1.40. The number of nitrogens with zero attached hydrogens (tertiary/aromatic N) is 3. The minimum Gasteiger partial charge on any atom is -0.381 e. The van der Waals surface area contributed by atoms with E-state index in [0.717, 1.165) is 57.7 Å². The Morgan fingerprint density at radius 2 is 2.04 bits per heavy atom. The second kappa shape index (κ2) is 7.93. The minimum absolute atomic E-state index is 0.143. The third kappa shape index (κ3) is 4.54. The normalized spacial score (nSPS) is 21.4. The van der Waals surface area contributed by atoms with Gasteiger partial charge in [-0.25, -0.2) is 0 Å². The number of piperidine rings is 1. The molecule has 2 fully saturated rings. The summed E-state index contributed by atoms with van der Waals surface area (Å²) >= 11 is 0. The molecule has 2 aliphatic rings. The molecule has 6 heteroatoms. The number of likely N-dealkylation sites (tertiary alicyclic amines) is 1. The summed E-state index contributed by atoms with van der Waals surface area (Å²) < 4.78 is 7.32. The first-order valence-corrected chi connectivity index (χ1v) is 8.82. The maximum Gasteiger partial charge on any atom is 0.222 e. The standard InChI is InChI=1S/C17H28N4O2/c1-14-2-8-18-21(14)11-5-17(22)19-15-3-9-20(10-4-15)16-6-12-23-13-7-16/h2,8,15-16H,3-7,9-13H2,1H3,(H,19,22). The summed E-state index contributed by atoms with van der Waals surface area (Å²) in [4.78, 5) is 14.7. The largest absolute Gasteiger partial charge is 0.381 e. The lowest BCUT2D eigenvalue weighted by atomic mass is 9.99. The van der Waals surface area contributed by atoms with E-state index in [4.69, 9.17) is 4.74 Å². The van der Waals surface area contributed by atoms with Crippen LogP contribution in [-0.2, 0) is 16.1 Å². The van der Waals surface area contributed by atoms with Gasteiger partial charge in [-0.1, -0.05) is 0 Å². The lowest BCUT2D eigenvalue weighted by molar-refractivity contribution is -0.122. The number of aromatic nitrogens is 2. The predicted octanol–water partition coefficient (Wildman–Crippen LogP) is 1.34. The van der Waals surface area contributed by atoms with Crippen molar-refractivity contribution in [2.24, 2.45) is 0 Å². The molecule has 128 valence electrons. The molecule has 2 aliphatic heterocycles. The smallest absolute Gasteiger partial charge is 0.222 e. The van der Waals surface area contributed by atoms with E-state index in [0.29, 0.717) is 25.0 Å². The van der Waals surface area contributed by atoms with Gasteiger partial charge < -0.3 is 15.0 Å². The Bertz CT molecular complexity index is 502. The van der Waals surface area contributed by atoms with E-state index in [1.807, 2.05) is 17.7 Å². The maximum absolute atomic E-state index is 12.1. The number of amides is 1. The van der Waals surface area contributed by atoms with Crippen LogP contribution in [0.4, 0.5) is 0 Å². The van der Waals surface area contributed by atoms with Crippen molar-refractivity contribution in [2.75, 3.05) is 26.3 Å². The quantitative estimate of drug-likeness (QED) is 0.889. The second-order valence-electron chi connectivity index (χ2n) is 6.67. The van der Waals surface area contributed by atoms with Crippen molar-refractivity contribution in [3.63, 3.8) is 0 Å². The number of hydrogen-bond acceptors (Lipinski definition) is 4. The zero-order chi connectivity index (χ0) is 16.1. The van der Waals surface area contributed by atoms with Crippen LogP contribution in [0.1, 0.15) is 37.8 Å². The van der Waals surface area contributed by atoms with E-state index in [1.165, 1.54) is 0 Å². The minimum atomic E-state index is 0.143. The SMILES string of the molecule is Cc1ccnn1CCC(=O)NC1CCN(C2CCOCC2)CC1. The molecule has 0 radical (unpaired) electrons. The van der Waals surface area contributed by atoms with Crippen molar-refractivity contribution in [2.45, 2.75) is 57.7 Å². The molecular formula is C17H28N4O2. The maximum atomic E-state index is 12.1. The van der Waals surface area contributed by atoms with Crippen molar-refractivity contribution in [1.82, 2.24) is 20.0 Å². The van der Waals surface area contributed by atoms with E-state index in [2.05, 4.69) is 15.3 Å². The van der Waals surface area contributed by atoms with Gasteiger partial charge in [-0.15, -0.1) is 0 Å². The van der Waals surface area contributed by atoms with Gasteiger partial charge in [0.2, 0.25) is 5.91 Å². The van der Waals surface area contributed by atoms with Crippen LogP contribution in [-0.4, -0.2) is 59.0 Å². The Balaban J connectivity index is 1.36. The molecule has 1 aromatic rings. The Kier molecular flexibility index (Phi) is 5.67. The first kappa shape index (κ1) is 16.5. The molecule has 6 nitrogen and oxygen atoms in total. The monoisotopic (exact) mass is 320 g/mol. The Morgan fingerprint density at radius 1 is 1.30 bits per heavy atom. The van der Waals surface area contributed by atoms with Gasteiger partial charge in [0.1, 0.15) is 0 Å². The van der Waals surface area contributed by atoms with Crippen LogP contribution in [0.5, 0.6) is 0 Å². The fourth-order valence-electron chi connectivity index (χ4n) is 3.60. The third-order valence-corrected chi connectivity index (χ3v) is 5.08. The van der Waals surface area contributed by atoms with Gasteiger partial charge in [-0.3, -0.25) is 9.48 Å². The van der Waals surface area contributed by atoms with E-state index in [-0.39, 0.29) is 5.91 Å². The van der Waals surface area contributed by atoms with Crippen LogP contribution in [0.15, 0.2) is 12.3 Å². The van der Waals surface area contributed by atoms with Gasteiger partial charge in [0.05, 0.1) is 0 Å². The fraction of sp³-hybridized carbons (Fsp3) is 0.765. The van der Waals surface area contributed by atoms with Crippen molar-refractivity contribution in [3.8, 4) is 0 Å². The Labute approximate surface area is 138 Å². The van der Waals surface area contributed by atoms with Crippen LogP contribution in [0.2, 0.25) is 0 Å². The molecule has 2 saturated heterocycles. The zero-order valence-corrected chi connectivity index (χ0v) is 14.0. The molecule has 0 spiro atoms.